The van der Waals surface area contributed by atoms with Crippen LogP contribution in [0.2, 0.25) is 0 Å². The van der Waals surface area contributed by atoms with Gasteiger partial charge in [-0.3, -0.25) is 28.8 Å². The lowest BCUT2D eigenvalue weighted by atomic mass is 10.1. The van der Waals surface area contributed by atoms with Crippen LogP contribution < -0.4 is 11.2 Å². The minimum absolute atomic E-state index is 0.0469. The van der Waals surface area contributed by atoms with Crippen LogP contribution in [0.1, 0.15) is 33.4 Å². The molecule has 1 saturated heterocycles. The summed E-state index contributed by atoms with van der Waals surface area (Å²) in [7, 11) is 0. The number of benzene rings is 1. The van der Waals surface area contributed by atoms with Gasteiger partial charge in [-0.1, -0.05) is 12.1 Å². The van der Waals surface area contributed by atoms with Crippen LogP contribution in [0.25, 0.3) is 0 Å². The van der Waals surface area contributed by atoms with E-state index >= 15 is 0 Å². The van der Waals surface area contributed by atoms with Gasteiger partial charge < -0.3 is 19.7 Å². The third kappa shape index (κ3) is 3.83. The first-order valence-corrected chi connectivity index (χ1v) is 9.75. The van der Waals surface area contributed by atoms with E-state index in [4.69, 9.17) is 9.47 Å². The fourth-order valence-electron chi connectivity index (χ4n) is 3.79. The standard InChI is InChI=1S/C20H21N3O8/c24-10-13-15(26)16(19(31-13)23-8-6-14(25)21-20(23)29)30-9-3-7-22-17(27)11-4-1-2-5-12(11)18(22)28/h1-2,4-6,8,13,15-16,19,24,26H,3,7,9-10H2,(H,21,25,29)/t13-,15+,16?,19-/m1/s1. The molecule has 2 amide bonds. The Kier molecular flexibility index (Phi) is 5.83. The summed E-state index contributed by atoms with van der Waals surface area (Å²) in [6, 6.07) is 7.70. The number of amides is 2. The third-order valence-corrected chi connectivity index (χ3v) is 5.33. The second kappa shape index (κ2) is 8.55. The van der Waals surface area contributed by atoms with Crippen molar-refractivity contribution < 1.29 is 29.3 Å². The number of nitrogens with zero attached hydrogens (tertiary/aromatic N) is 2. The lowest BCUT2D eigenvalue weighted by Crippen LogP contribution is -2.40. The number of imide groups is 1. The third-order valence-electron chi connectivity index (χ3n) is 5.33. The molecule has 1 aromatic heterocycles. The summed E-state index contributed by atoms with van der Waals surface area (Å²) in [5, 5.41) is 19.8. The maximum atomic E-state index is 12.4. The molecule has 2 aliphatic rings. The minimum Gasteiger partial charge on any atom is -0.394 e. The fourth-order valence-corrected chi connectivity index (χ4v) is 3.79. The van der Waals surface area contributed by atoms with E-state index in [0.717, 1.165) is 15.5 Å². The smallest absolute Gasteiger partial charge is 0.330 e. The second-order valence-corrected chi connectivity index (χ2v) is 7.25. The number of ether oxygens (including phenoxy) is 2. The van der Waals surface area contributed by atoms with Crippen molar-refractivity contribution in [2.24, 2.45) is 0 Å². The highest BCUT2D eigenvalue weighted by atomic mass is 16.6. The molecule has 2 aromatic rings. The zero-order valence-electron chi connectivity index (χ0n) is 16.3. The molecule has 11 heteroatoms. The van der Waals surface area contributed by atoms with Crippen molar-refractivity contribution in [3.8, 4) is 0 Å². The number of carbonyl (C=O) groups excluding carboxylic acids is 2. The predicted octanol–water partition coefficient (Wildman–Crippen LogP) is -1.14. The number of hydrogen-bond donors (Lipinski definition) is 3. The molecule has 11 nitrogen and oxygen atoms in total. The van der Waals surface area contributed by atoms with Crippen LogP contribution in [0, 0.1) is 0 Å². The number of H-pyrrole nitrogens is 1. The molecule has 2 aliphatic heterocycles. The Hall–Kier alpha value is -3.12. The summed E-state index contributed by atoms with van der Waals surface area (Å²) in [5.41, 5.74) is -0.618. The van der Waals surface area contributed by atoms with E-state index in [9.17, 15) is 29.4 Å². The van der Waals surface area contributed by atoms with E-state index in [1.807, 2.05) is 0 Å². The first kappa shape index (κ1) is 21.1. The zero-order valence-corrected chi connectivity index (χ0v) is 16.3. The summed E-state index contributed by atoms with van der Waals surface area (Å²) < 4.78 is 12.3. The molecule has 164 valence electrons. The number of nitrogens with one attached hydrogen (secondary N) is 1. The molecule has 0 aliphatic carbocycles. The Labute approximate surface area is 175 Å². The predicted molar refractivity (Wildman–Crippen MR) is 104 cm³/mol. The van der Waals surface area contributed by atoms with Gasteiger partial charge in [-0.25, -0.2) is 4.79 Å². The van der Waals surface area contributed by atoms with E-state index in [2.05, 4.69) is 4.98 Å². The largest absolute Gasteiger partial charge is 0.394 e. The summed E-state index contributed by atoms with van der Waals surface area (Å²) in [5.74, 6) is -0.745. The number of hydrogen-bond acceptors (Lipinski definition) is 8. The van der Waals surface area contributed by atoms with Gasteiger partial charge in [-0.05, 0) is 18.6 Å². The van der Waals surface area contributed by atoms with Gasteiger partial charge in [0.25, 0.3) is 17.4 Å². The molecular weight excluding hydrogens is 410 g/mol. The Morgan fingerprint density at radius 1 is 1.06 bits per heavy atom. The molecule has 3 N–H and O–H groups in total. The Bertz CT molecular complexity index is 1070. The monoisotopic (exact) mass is 431 g/mol. The molecule has 1 fully saturated rings. The van der Waals surface area contributed by atoms with Crippen molar-refractivity contribution in [3.63, 3.8) is 0 Å². The minimum atomic E-state index is -1.23. The van der Waals surface area contributed by atoms with Gasteiger partial charge in [-0.2, -0.15) is 0 Å². The van der Waals surface area contributed by atoms with Gasteiger partial charge in [0.1, 0.15) is 18.3 Å². The van der Waals surface area contributed by atoms with Gasteiger partial charge in [0, 0.05) is 25.4 Å². The van der Waals surface area contributed by atoms with Crippen molar-refractivity contribution in [3.05, 3.63) is 68.5 Å². The van der Waals surface area contributed by atoms with E-state index < -0.39 is 42.4 Å². The maximum Gasteiger partial charge on any atom is 0.330 e. The fraction of sp³-hybridized carbons (Fsp3) is 0.400. The molecule has 0 bridgehead atoms. The topological polar surface area (TPSA) is 151 Å². The van der Waals surface area contributed by atoms with E-state index in [0.29, 0.717) is 11.1 Å². The Balaban J connectivity index is 1.41. The lowest BCUT2D eigenvalue weighted by Gasteiger charge is -2.22. The van der Waals surface area contributed by atoms with Gasteiger partial charge in [0.15, 0.2) is 6.23 Å². The van der Waals surface area contributed by atoms with Gasteiger partial charge in [0.05, 0.1) is 17.7 Å². The van der Waals surface area contributed by atoms with E-state index in [1.54, 1.807) is 24.3 Å². The second-order valence-electron chi connectivity index (χ2n) is 7.25. The van der Waals surface area contributed by atoms with Gasteiger partial charge in [-0.15, -0.1) is 0 Å². The van der Waals surface area contributed by atoms with Crippen LogP contribution in [0.5, 0.6) is 0 Å². The quantitative estimate of drug-likeness (QED) is 0.368. The maximum absolute atomic E-state index is 12.4. The first-order valence-electron chi connectivity index (χ1n) is 9.75. The van der Waals surface area contributed by atoms with Crippen LogP contribution in [0.15, 0.2) is 46.1 Å². The number of fused-ring (bicyclic) bond motifs is 1. The Morgan fingerprint density at radius 2 is 1.74 bits per heavy atom. The van der Waals surface area contributed by atoms with Crippen LogP contribution in [-0.2, 0) is 9.47 Å². The van der Waals surface area contributed by atoms with Gasteiger partial charge >= 0.3 is 5.69 Å². The van der Waals surface area contributed by atoms with E-state index in [-0.39, 0.29) is 31.4 Å². The number of carbonyl (C=O) groups is 2. The van der Waals surface area contributed by atoms with Crippen molar-refractivity contribution in [1.82, 2.24) is 14.5 Å². The molecular formula is C20H21N3O8. The molecule has 4 rings (SSSR count). The summed E-state index contributed by atoms with van der Waals surface area (Å²) in [4.78, 5) is 51.4. The molecule has 31 heavy (non-hydrogen) atoms. The molecule has 0 radical (unpaired) electrons. The zero-order chi connectivity index (χ0) is 22.1. The molecule has 0 spiro atoms. The lowest BCUT2D eigenvalue weighted by molar-refractivity contribution is -0.0750. The number of aromatic amines is 1. The number of rotatable bonds is 7. The van der Waals surface area contributed by atoms with Gasteiger partial charge in [0.2, 0.25) is 0 Å². The number of aromatic nitrogens is 2. The molecule has 4 atom stereocenters. The van der Waals surface area contributed by atoms with Crippen LogP contribution >= 0.6 is 0 Å². The summed E-state index contributed by atoms with van der Waals surface area (Å²) in [6.45, 7) is -0.335. The highest BCUT2D eigenvalue weighted by Gasteiger charge is 2.45. The highest BCUT2D eigenvalue weighted by Crippen LogP contribution is 2.31. The number of aliphatic hydroxyl groups is 2. The average molecular weight is 431 g/mol. The van der Waals surface area contributed by atoms with E-state index in [1.165, 1.54) is 6.20 Å². The SMILES string of the molecule is O=C1c2ccccc2C(=O)N1CCCOC1[C@@H](O)[C@@H](CO)O[C@H]1n1ccc(=O)[nH]c1=O. The summed E-state index contributed by atoms with van der Waals surface area (Å²) in [6.07, 6.45) is -2.80. The average Bonchev–Trinajstić information content (AvgIpc) is 3.20. The molecule has 0 saturated carbocycles. The van der Waals surface area contributed by atoms with Crippen molar-refractivity contribution in [1.29, 1.82) is 0 Å². The summed E-state index contributed by atoms with van der Waals surface area (Å²) >= 11 is 0. The molecule has 3 heterocycles. The van der Waals surface area contributed by atoms with Crippen LogP contribution in [-0.4, -0.2) is 74.5 Å². The number of aliphatic hydroxyl groups excluding tert-OH is 2. The first-order chi connectivity index (χ1) is 14.9. The normalized spacial score (nSPS) is 25.3. The Morgan fingerprint density at radius 3 is 2.35 bits per heavy atom. The molecule has 1 aromatic carbocycles. The van der Waals surface area contributed by atoms with Crippen molar-refractivity contribution >= 4 is 11.8 Å². The molecule has 1 unspecified atom stereocenters. The highest BCUT2D eigenvalue weighted by molar-refractivity contribution is 6.21. The van der Waals surface area contributed by atoms with Crippen LogP contribution in [0.3, 0.4) is 0 Å². The van der Waals surface area contributed by atoms with Crippen molar-refractivity contribution in [2.75, 3.05) is 19.8 Å². The van der Waals surface area contributed by atoms with Crippen LogP contribution in [0.4, 0.5) is 0 Å². The van der Waals surface area contributed by atoms with Crippen molar-refractivity contribution in [2.45, 2.75) is 31.0 Å².